The summed E-state index contributed by atoms with van der Waals surface area (Å²) in [5, 5.41) is 2.47. The average molecular weight is 284 g/mol. The lowest BCUT2D eigenvalue weighted by atomic mass is 10.0. The number of rotatable bonds is 1. The Bertz CT molecular complexity index is 1130. The van der Waals surface area contributed by atoms with E-state index >= 15 is 0 Å². The average Bonchev–Trinajstić information content (AvgIpc) is 3.18. The van der Waals surface area contributed by atoms with Gasteiger partial charge in [-0.3, -0.25) is 0 Å². The Kier molecular flexibility index (Phi) is 2.22. The molecule has 0 atom stereocenters. The summed E-state index contributed by atoms with van der Waals surface area (Å²) in [7, 11) is 0. The van der Waals surface area contributed by atoms with Gasteiger partial charge >= 0.3 is 0 Å². The van der Waals surface area contributed by atoms with Crippen LogP contribution >= 0.6 is 0 Å². The highest BCUT2D eigenvalue weighted by Gasteiger charge is 2.12. The molecule has 0 bridgehead atoms. The predicted octanol–water partition coefficient (Wildman–Crippen LogP) is 5.13. The van der Waals surface area contributed by atoms with E-state index in [0.29, 0.717) is 0 Å². The molecule has 5 aromatic rings. The number of hydrogen-bond acceptors (Lipinski definition) is 2. The van der Waals surface area contributed by atoms with Crippen LogP contribution in [0.3, 0.4) is 0 Å². The van der Waals surface area contributed by atoms with E-state index in [2.05, 4.69) is 58.5 Å². The van der Waals surface area contributed by atoms with Crippen LogP contribution in [0.1, 0.15) is 0 Å². The monoisotopic (exact) mass is 284 g/mol. The van der Waals surface area contributed by atoms with Gasteiger partial charge in [-0.2, -0.15) is 0 Å². The maximum absolute atomic E-state index is 5.43. The van der Waals surface area contributed by atoms with Crippen molar-refractivity contribution in [2.45, 2.75) is 0 Å². The fourth-order valence-electron chi connectivity index (χ4n) is 3.20. The zero-order chi connectivity index (χ0) is 14.5. The second-order valence-electron chi connectivity index (χ2n) is 5.40. The summed E-state index contributed by atoms with van der Waals surface area (Å²) in [6.07, 6.45) is 1.50. The molecule has 1 N–H and O–H groups in total. The summed E-state index contributed by atoms with van der Waals surface area (Å²) < 4.78 is 5.43. The molecule has 0 aliphatic heterocycles. The Morgan fingerprint density at radius 3 is 2.59 bits per heavy atom. The largest absolute Gasteiger partial charge is 0.443 e. The fraction of sp³-hybridized carbons (Fsp3) is 0. The third kappa shape index (κ3) is 1.48. The first-order valence-electron chi connectivity index (χ1n) is 7.24. The molecule has 0 radical (unpaired) electrons. The molecule has 0 aliphatic carbocycles. The predicted molar refractivity (Wildman–Crippen MR) is 88.8 cm³/mol. The van der Waals surface area contributed by atoms with Crippen LogP contribution in [0.15, 0.2) is 71.5 Å². The van der Waals surface area contributed by atoms with Gasteiger partial charge in [0.2, 0.25) is 0 Å². The number of benzene rings is 3. The molecule has 22 heavy (non-hydrogen) atoms. The molecule has 0 saturated heterocycles. The van der Waals surface area contributed by atoms with Crippen molar-refractivity contribution in [3.63, 3.8) is 0 Å². The summed E-state index contributed by atoms with van der Waals surface area (Å²) in [4.78, 5) is 7.92. The topological polar surface area (TPSA) is 41.8 Å². The molecule has 2 heterocycles. The van der Waals surface area contributed by atoms with Crippen LogP contribution in [0, 0.1) is 0 Å². The highest BCUT2D eigenvalue weighted by atomic mass is 16.3. The molecule has 0 saturated carbocycles. The Balaban J connectivity index is 1.94. The highest BCUT2D eigenvalue weighted by Crippen LogP contribution is 2.35. The van der Waals surface area contributed by atoms with Crippen molar-refractivity contribution >= 4 is 32.9 Å². The van der Waals surface area contributed by atoms with Crippen molar-refractivity contribution < 1.29 is 4.42 Å². The normalized spacial score (nSPS) is 11.6. The number of fused-ring (bicyclic) bond motifs is 4. The lowest BCUT2D eigenvalue weighted by molar-refractivity contribution is 0.602. The Morgan fingerprint density at radius 1 is 0.773 bits per heavy atom. The van der Waals surface area contributed by atoms with Crippen molar-refractivity contribution in [2.24, 2.45) is 0 Å². The second-order valence-corrected chi connectivity index (χ2v) is 5.40. The van der Waals surface area contributed by atoms with E-state index < -0.39 is 0 Å². The van der Waals surface area contributed by atoms with Gasteiger partial charge in [0.05, 0.1) is 5.52 Å². The zero-order valence-electron chi connectivity index (χ0n) is 11.7. The van der Waals surface area contributed by atoms with Gasteiger partial charge in [0, 0.05) is 27.4 Å². The minimum Gasteiger partial charge on any atom is -0.443 e. The number of hydrogen-bond donors (Lipinski definition) is 1. The molecule has 2 aromatic heterocycles. The van der Waals surface area contributed by atoms with Crippen LogP contribution in [0.5, 0.6) is 0 Å². The van der Waals surface area contributed by atoms with Crippen molar-refractivity contribution in [1.82, 2.24) is 9.97 Å². The zero-order valence-corrected chi connectivity index (χ0v) is 11.7. The Hall–Kier alpha value is -3.07. The molecule has 0 amide bonds. The molecule has 0 spiro atoms. The van der Waals surface area contributed by atoms with E-state index in [4.69, 9.17) is 4.42 Å². The molecule has 0 fully saturated rings. The van der Waals surface area contributed by atoms with Crippen LogP contribution < -0.4 is 0 Å². The van der Waals surface area contributed by atoms with Gasteiger partial charge in [-0.1, -0.05) is 48.5 Å². The number of aromatic nitrogens is 2. The smallest absolute Gasteiger partial charge is 0.182 e. The number of para-hydroxylation sites is 3. The first-order valence-corrected chi connectivity index (χ1v) is 7.24. The molecule has 0 aliphatic rings. The van der Waals surface area contributed by atoms with Gasteiger partial charge in [-0.25, -0.2) is 4.98 Å². The van der Waals surface area contributed by atoms with Crippen LogP contribution in [-0.2, 0) is 0 Å². The Morgan fingerprint density at radius 2 is 1.59 bits per heavy atom. The van der Waals surface area contributed by atoms with Crippen LogP contribution in [0.4, 0.5) is 0 Å². The second kappa shape index (κ2) is 4.21. The molecule has 104 valence electrons. The summed E-state index contributed by atoms with van der Waals surface area (Å²) in [5.41, 5.74) is 6.23. The molecular formula is C19H12N2O. The minimum atomic E-state index is 0.811. The lowest BCUT2D eigenvalue weighted by Gasteiger charge is -2.04. The lowest BCUT2D eigenvalue weighted by Crippen LogP contribution is -1.82. The number of oxazole rings is 1. The first-order chi connectivity index (χ1) is 10.9. The number of nitrogens with zero attached hydrogens (tertiary/aromatic N) is 1. The van der Waals surface area contributed by atoms with Crippen molar-refractivity contribution in [1.29, 1.82) is 0 Å². The maximum atomic E-state index is 5.43. The summed E-state index contributed by atoms with van der Waals surface area (Å²) in [6.45, 7) is 0. The van der Waals surface area contributed by atoms with Gasteiger partial charge in [-0.15, -0.1) is 0 Å². The van der Waals surface area contributed by atoms with E-state index in [1.165, 1.54) is 17.2 Å². The summed E-state index contributed by atoms with van der Waals surface area (Å²) >= 11 is 0. The number of H-pyrrole nitrogens is 1. The third-order valence-corrected chi connectivity index (χ3v) is 4.19. The van der Waals surface area contributed by atoms with E-state index in [-0.39, 0.29) is 0 Å². The van der Waals surface area contributed by atoms with E-state index in [1.807, 2.05) is 12.1 Å². The molecule has 3 aromatic carbocycles. The molecular weight excluding hydrogens is 272 g/mol. The minimum absolute atomic E-state index is 0.811. The quantitative estimate of drug-likeness (QED) is 0.463. The van der Waals surface area contributed by atoms with E-state index in [1.54, 1.807) is 0 Å². The summed E-state index contributed by atoms with van der Waals surface area (Å²) in [6, 6.07) is 20.8. The van der Waals surface area contributed by atoms with Crippen LogP contribution in [-0.4, -0.2) is 9.97 Å². The van der Waals surface area contributed by atoms with Crippen molar-refractivity contribution in [3.8, 4) is 11.1 Å². The summed E-state index contributed by atoms with van der Waals surface area (Å²) in [5.74, 6) is 0. The Labute approximate surface area is 126 Å². The van der Waals surface area contributed by atoms with Crippen LogP contribution in [0.25, 0.3) is 44.0 Å². The van der Waals surface area contributed by atoms with Crippen LogP contribution in [0.2, 0.25) is 0 Å². The number of nitrogens with one attached hydrogen (secondary N) is 1. The van der Waals surface area contributed by atoms with Gasteiger partial charge in [-0.05, 0) is 12.1 Å². The maximum Gasteiger partial charge on any atom is 0.182 e. The van der Waals surface area contributed by atoms with Crippen molar-refractivity contribution in [3.05, 3.63) is 67.1 Å². The molecule has 3 heteroatoms. The van der Waals surface area contributed by atoms with Gasteiger partial charge in [0.1, 0.15) is 5.52 Å². The van der Waals surface area contributed by atoms with Gasteiger partial charge in [0.15, 0.2) is 12.0 Å². The number of aromatic amines is 1. The van der Waals surface area contributed by atoms with E-state index in [9.17, 15) is 0 Å². The van der Waals surface area contributed by atoms with Gasteiger partial charge < -0.3 is 9.40 Å². The molecule has 5 rings (SSSR count). The third-order valence-electron chi connectivity index (χ3n) is 4.19. The van der Waals surface area contributed by atoms with E-state index in [0.717, 1.165) is 33.3 Å². The van der Waals surface area contributed by atoms with Crippen molar-refractivity contribution in [2.75, 3.05) is 0 Å². The molecule has 0 unspecified atom stereocenters. The first kappa shape index (κ1) is 11.6. The SMILES string of the molecule is c1ccc2c(c1)[nH]c1c(-c3cccc4ocnc34)cccc12. The standard InChI is InChI=1S/C19H12N2O/c1-2-9-16-12(5-1)13-6-3-7-14(18(13)21-16)15-8-4-10-17-19(15)20-11-22-17/h1-11,21H. The molecule has 3 nitrogen and oxygen atoms in total. The highest BCUT2D eigenvalue weighted by molar-refractivity contribution is 6.13. The van der Waals surface area contributed by atoms with Gasteiger partial charge in [0.25, 0.3) is 0 Å². The fourth-order valence-corrected chi connectivity index (χ4v) is 3.20.